The number of hydrogen-bond acceptors (Lipinski definition) is 4. The van der Waals surface area contributed by atoms with Crippen LogP contribution in [-0.2, 0) is 17.5 Å². The molecule has 18 heavy (non-hydrogen) atoms. The maximum Gasteiger partial charge on any atom is 0.423 e. The van der Waals surface area contributed by atoms with Crippen molar-refractivity contribution in [3.8, 4) is 0 Å². The van der Waals surface area contributed by atoms with E-state index in [2.05, 4.69) is 0 Å². The molecule has 1 aromatic heterocycles. The number of alkyl halides is 3. The number of rotatable bonds is 3. The van der Waals surface area contributed by atoms with Gasteiger partial charge in [0, 0.05) is 6.20 Å². The van der Waals surface area contributed by atoms with E-state index in [4.69, 9.17) is 10.8 Å². The Hall–Kier alpha value is -2.10. The molecule has 4 N–H and O–H groups in total. The number of aliphatic carboxylic acids is 1. The van der Waals surface area contributed by atoms with Crippen LogP contribution in [0.2, 0.25) is 0 Å². The zero-order valence-electron chi connectivity index (χ0n) is 8.69. The minimum Gasteiger partial charge on any atom is -0.480 e. The monoisotopic (exact) mass is 267 g/mol. The number of nitrogens with two attached hydrogens (primary N) is 1. The van der Waals surface area contributed by atoms with Crippen molar-refractivity contribution in [1.82, 2.24) is 9.55 Å². The predicted octanol–water partition coefficient (Wildman–Crippen LogP) is -1.03. The van der Waals surface area contributed by atoms with Crippen molar-refractivity contribution < 1.29 is 23.1 Å². The van der Waals surface area contributed by atoms with E-state index < -0.39 is 41.5 Å². The number of nitrogens with zero attached hydrogens (tertiary/aromatic N) is 1. The Bertz CT molecular complexity index is 574. The quantitative estimate of drug-likeness (QED) is 0.647. The van der Waals surface area contributed by atoms with Crippen molar-refractivity contribution in [1.29, 1.82) is 0 Å². The van der Waals surface area contributed by atoms with E-state index in [9.17, 15) is 27.6 Å². The minimum absolute atomic E-state index is 0.240. The van der Waals surface area contributed by atoms with Gasteiger partial charge in [0.15, 0.2) is 0 Å². The van der Waals surface area contributed by atoms with Crippen LogP contribution in [0.4, 0.5) is 13.2 Å². The fourth-order valence-electron chi connectivity index (χ4n) is 1.14. The lowest BCUT2D eigenvalue weighted by molar-refractivity contribution is -0.139. The summed E-state index contributed by atoms with van der Waals surface area (Å²) in [6.07, 6.45) is -4.71. The average Bonchev–Trinajstić information content (AvgIpc) is 2.19. The molecule has 0 saturated heterocycles. The summed E-state index contributed by atoms with van der Waals surface area (Å²) < 4.78 is 37.5. The number of carboxylic acid groups (broad SMARTS) is 1. The molecule has 0 aromatic carbocycles. The van der Waals surface area contributed by atoms with Gasteiger partial charge >= 0.3 is 17.8 Å². The Morgan fingerprint density at radius 3 is 2.50 bits per heavy atom. The Kier molecular flexibility index (Phi) is 3.60. The van der Waals surface area contributed by atoms with Gasteiger partial charge in [0.05, 0.1) is 6.54 Å². The highest BCUT2D eigenvalue weighted by atomic mass is 19.4. The summed E-state index contributed by atoms with van der Waals surface area (Å²) >= 11 is 0. The molecule has 1 heterocycles. The first kappa shape index (κ1) is 14.0. The highest BCUT2D eigenvalue weighted by Gasteiger charge is 2.35. The van der Waals surface area contributed by atoms with Gasteiger partial charge in [-0.2, -0.15) is 13.2 Å². The lowest BCUT2D eigenvalue weighted by atomic mass is 10.3. The maximum atomic E-state index is 12.4. The molecule has 1 atom stereocenters. The van der Waals surface area contributed by atoms with E-state index >= 15 is 0 Å². The molecule has 7 nitrogen and oxygen atoms in total. The van der Waals surface area contributed by atoms with Gasteiger partial charge < -0.3 is 10.8 Å². The van der Waals surface area contributed by atoms with Crippen molar-refractivity contribution in [2.75, 3.05) is 0 Å². The second-order valence-electron chi connectivity index (χ2n) is 3.40. The molecule has 0 amide bonds. The Labute approximate surface area is 96.7 Å². The Morgan fingerprint density at radius 2 is 2.06 bits per heavy atom. The third-order valence-electron chi connectivity index (χ3n) is 2.03. The van der Waals surface area contributed by atoms with Gasteiger partial charge in [0.2, 0.25) is 0 Å². The first-order valence-electron chi connectivity index (χ1n) is 4.52. The van der Waals surface area contributed by atoms with Crippen LogP contribution in [0.5, 0.6) is 0 Å². The van der Waals surface area contributed by atoms with Crippen LogP contribution >= 0.6 is 0 Å². The molecule has 1 rings (SSSR count). The van der Waals surface area contributed by atoms with Gasteiger partial charge in [-0.1, -0.05) is 0 Å². The minimum atomic E-state index is -4.95. The van der Waals surface area contributed by atoms with Crippen LogP contribution < -0.4 is 17.0 Å². The number of H-pyrrole nitrogens is 1. The molecule has 0 unspecified atom stereocenters. The zero-order chi connectivity index (χ0) is 14.1. The van der Waals surface area contributed by atoms with Crippen LogP contribution in [0, 0.1) is 0 Å². The van der Waals surface area contributed by atoms with Gasteiger partial charge in [-0.3, -0.25) is 19.1 Å². The van der Waals surface area contributed by atoms with E-state index in [0.29, 0.717) is 4.57 Å². The average molecular weight is 267 g/mol. The van der Waals surface area contributed by atoms with Crippen LogP contribution in [0.1, 0.15) is 5.56 Å². The molecule has 1 aromatic rings. The summed E-state index contributed by atoms with van der Waals surface area (Å²) in [4.78, 5) is 34.0. The topological polar surface area (TPSA) is 118 Å². The number of carbonyl (C=O) groups is 1. The maximum absolute atomic E-state index is 12.4. The lowest BCUT2D eigenvalue weighted by Gasteiger charge is -2.11. The van der Waals surface area contributed by atoms with Crippen molar-refractivity contribution in [3.05, 3.63) is 32.6 Å². The molecule has 100 valence electrons. The first-order valence-corrected chi connectivity index (χ1v) is 4.52. The second kappa shape index (κ2) is 4.64. The highest BCUT2D eigenvalue weighted by Crippen LogP contribution is 2.25. The summed E-state index contributed by atoms with van der Waals surface area (Å²) in [7, 11) is 0. The number of aromatic nitrogens is 2. The Balaban J connectivity index is 3.26. The van der Waals surface area contributed by atoms with Crippen molar-refractivity contribution in [2.24, 2.45) is 5.73 Å². The van der Waals surface area contributed by atoms with E-state index in [1.807, 2.05) is 0 Å². The summed E-state index contributed by atoms with van der Waals surface area (Å²) in [6, 6.07) is -1.56. The van der Waals surface area contributed by atoms with E-state index in [1.165, 1.54) is 4.98 Å². The van der Waals surface area contributed by atoms with E-state index in [0.717, 1.165) is 0 Å². The standard InChI is InChI=1S/C8H8F3N3O4/c9-8(10,11)3-1-14(2-4(12)6(16)17)7(18)13-5(3)15/h1,4H,2,12H2,(H,16,17)(H,13,15,18)/t4-/m0/s1. The van der Waals surface area contributed by atoms with Gasteiger partial charge in [0.1, 0.15) is 11.6 Å². The molecule has 0 aliphatic heterocycles. The summed E-state index contributed by atoms with van der Waals surface area (Å²) in [5.41, 5.74) is 0.732. The molecule has 0 radical (unpaired) electrons. The molecule has 0 spiro atoms. The fraction of sp³-hybridized carbons (Fsp3) is 0.375. The lowest BCUT2D eigenvalue weighted by Crippen LogP contribution is -2.41. The smallest absolute Gasteiger partial charge is 0.423 e. The molecular weight excluding hydrogens is 259 g/mol. The van der Waals surface area contributed by atoms with Crippen molar-refractivity contribution in [2.45, 2.75) is 18.8 Å². The van der Waals surface area contributed by atoms with Gasteiger partial charge in [-0.05, 0) is 0 Å². The summed E-state index contributed by atoms with van der Waals surface area (Å²) in [5.74, 6) is -1.48. The number of nitrogens with one attached hydrogen (secondary N) is 1. The number of aromatic amines is 1. The Morgan fingerprint density at radius 1 is 1.50 bits per heavy atom. The van der Waals surface area contributed by atoms with Gasteiger partial charge in [-0.15, -0.1) is 0 Å². The molecule has 0 aliphatic carbocycles. The molecule has 0 aliphatic rings. The molecular formula is C8H8F3N3O4. The third kappa shape index (κ3) is 2.97. The van der Waals surface area contributed by atoms with E-state index in [-0.39, 0.29) is 6.20 Å². The largest absolute Gasteiger partial charge is 0.480 e. The zero-order valence-corrected chi connectivity index (χ0v) is 8.69. The summed E-state index contributed by atoms with van der Waals surface area (Å²) in [6.45, 7) is -0.686. The van der Waals surface area contributed by atoms with Gasteiger partial charge in [0.25, 0.3) is 5.56 Å². The summed E-state index contributed by atoms with van der Waals surface area (Å²) in [5, 5.41) is 8.48. The number of hydrogen-bond donors (Lipinski definition) is 3. The highest BCUT2D eigenvalue weighted by molar-refractivity contribution is 5.72. The normalized spacial score (nSPS) is 13.3. The van der Waals surface area contributed by atoms with Crippen molar-refractivity contribution >= 4 is 5.97 Å². The predicted molar refractivity (Wildman–Crippen MR) is 51.9 cm³/mol. The fourth-order valence-corrected chi connectivity index (χ4v) is 1.14. The van der Waals surface area contributed by atoms with Crippen LogP contribution in [0.25, 0.3) is 0 Å². The SMILES string of the molecule is N[C@@H](Cn1cc(C(F)(F)F)c(=O)[nH]c1=O)C(=O)O. The molecule has 0 saturated carbocycles. The van der Waals surface area contributed by atoms with Crippen LogP contribution in [-0.4, -0.2) is 26.7 Å². The molecule has 0 fully saturated rings. The third-order valence-corrected chi connectivity index (χ3v) is 2.03. The first-order chi connectivity index (χ1) is 8.12. The van der Waals surface area contributed by atoms with E-state index in [1.54, 1.807) is 0 Å². The van der Waals surface area contributed by atoms with Crippen LogP contribution in [0.15, 0.2) is 15.8 Å². The second-order valence-corrected chi connectivity index (χ2v) is 3.40. The number of halogens is 3. The van der Waals surface area contributed by atoms with Crippen molar-refractivity contribution in [3.63, 3.8) is 0 Å². The van der Waals surface area contributed by atoms with Crippen LogP contribution in [0.3, 0.4) is 0 Å². The molecule has 10 heteroatoms. The molecule has 0 bridgehead atoms. The van der Waals surface area contributed by atoms with Gasteiger partial charge in [-0.25, -0.2) is 4.79 Å². The number of carboxylic acids is 1.